The van der Waals surface area contributed by atoms with Crippen molar-refractivity contribution in [2.45, 2.75) is 25.8 Å². The maximum atomic E-state index is 5.22. The molecule has 0 aromatic carbocycles. The van der Waals surface area contributed by atoms with Crippen molar-refractivity contribution in [2.24, 2.45) is 5.10 Å². The largest absolute Gasteiger partial charge is 0.382 e. The van der Waals surface area contributed by atoms with E-state index in [1.165, 1.54) is 6.42 Å². The second-order valence-corrected chi connectivity index (χ2v) is 4.31. The van der Waals surface area contributed by atoms with Crippen LogP contribution < -0.4 is 0 Å². The van der Waals surface area contributed by atoms with Crippen LogP contribution in [0.4, 0.5) is 0 Å². The summed E-state index contributed by atoms with van der Waals surface area (Å²) in [7, 11) is 1.74. The van der Waals surface area contributed by atoms with Crippen molar-refractivity contribution in [1.29, 1.82) is 0 Å². The number of hydrogen-bond acceptors (Lipinski definition) is 4. The molecule has 0 amide bonds. The molecular formula is C13H19N3O. The molecule has 17 heavy (non-hydrogen) atoms. The van der Waals surface area contributed by atoms with E-state index in [1.54, 1.807) is 13.3 Å². The first-order chi connectivity index (χ1) is 8.31. The van der Waals surface area contributed by atoms with Crippen LogP contribution in [-0.2, 0) is 4.74 Å². The van der Waals surface area contributed by atoms with Gasteiger partial charge in [-0.2, -0.15) is 5.10 Å². The molecule has 2 heterocycles. The van der Waals surface area contributed by atoms with Gasteiger partial charge < -0.3 is 4.74 Å². The Labute approximate surface area is 102 Å². The van der Waals surface area contributed by atoms with Crippen LogP contribution >= 0.6 is 0 Å². The van der Waals surface area contributed by atoms with Crippen LogP contribution in [0.3, 0.4) is 0 Å². The van der Waals surface area contributed by atoms with Gasteiger partial charge in [0.05, 0.1) is 24.1 Å². The summed E-state index contributed by atoms with van der Waals surface area (Å²) < 4.78 is 5.22. The Morgan fingerprint density at radius 1 is 1.59 bits per heavy atom. The van der Waals surface area contributed by atoms with Gasteiger partial charge in [-0.1, -0.05) is 6.07 Å². The van der Waals surface area contributed by atoms with Crippen molar-refractivity contribution in [3.63, 3.8) is 0 Å². The number of ether oxygens (including phenoxy) is 1. The number of hydrazone groups is 1. The van der Waals surface area contributed by atoms with Gasteiger partial charge in [-0.05, 0) is 31.9 Å². The van der Waals surface area contributed by atoms with Gasteiger partial charge in [0.2, 0.25) is 0 Å². The lowest BCUT2D eigenvalue weighted by Crippen LogP contribution is -2.29. The van der Waals surface area contributed by atoms with Crippen molar-refractivity contribution in [3.8, 4) is 0 Å². The van der Waals surface area contributed by atoms with E-state index in [-0.39, 0.29) is 0 Å². The second-order valence-electron chi connectivity index (χ2n) is 4.31. The molecule has 1 aromatic rings. The minimum absolute atomic E-state index is 0.415. The third-order valence-corrected chi connectivity index (χ3v) is 3.02. The van der Waals surface area contributed by atoms with Crippen molar-refractivity contribution in [3.05, 3.63) is 30.1 Å². The summed E-state index contributed by atoms with van der Waals surface area (Å²) in [5.74, 6) is 0. The average Bonchev–Trinajstić information content (AvgIpc) is 2.78. The summed E-state index contributed by atoms with van der Waals surface area (Å²) >= 11 is 0. The molecule has 0 spiro atoms. The summed E-state index contributed by atoms with van der Waals surface area (Å²) in [5.41, 5.74) is 1.91. The average molecular weight is 233 g/mol. The van der Waals surface area contributed by atoms with E-state index in [4.69, 9.17) is 4.74 Å². The van der Waals surface area contributed by atoms with Crippen molar-refractivity contribution in [1.82, 2.24) is 9.99 Å². The molecule has 1 aliphatic heterocycles. The van der Waals surface area contributed by atoms with Gasteiger partial charge >= 0.3 is 0 Å². The number of aromatic nitrogens is 1. The first kappa shape index (κ1) is 12.0. The smallest absolute Gasteiger partial charge is 0.0859 e. The van der Waals surface area contributed by atoms with Crippen LogP contribution in [0.15, 0.2) is 29.5 Å². The summed E-state index contributed by atoms with van der Waals surface area (Å²) in [5, 5.41) is 6.79. The molecule has 0 unspecified atom stereocenters. The Bertz CT molecular complexity index is 378. The molecule has 4 nitrogen and oxygen atoms in total. The minimum Gasteiger partial charge on any atom is -0.382 e. The third-order valence-electron chi connectivity index (χ3n) is 3.02. The molecule has 0 radical (unpaired) electrons. The first-order valence-electron chi connectivity index (χ1n) is 6.03. The Balaban J connectivity index is 2.08. The van der Waals surface area contributed by atoms with Crippen LogP contribution in [0, 0.1) is 0 Å². The van der Waals surface area contributed by atoms with E-state index in [2.05, 4.69) is 15.1 Å². The van der Waals surface area contributed by atoms with E-state index in [1.807, 2.05) is 25.1 Å². The molecular weight excluding hydrogens is 214 g/mol. The summed E-state index contributed by atoms with van der Waals surface area (Å²) in [6.45, 7) is 3.77. The standard InChI is InChI=1S/C13H19N3O/c1-11(13-7-3-4-8-14-13)15-16-9-5-6-12(16)10-17-2/h3-4,7-8,12H,5-6,9-10H2,1-2H3/b15-11+/t12-/m0/s1. The summed E-state index contributed by atoms with van der Waals surface area (Å²) in [6.07, 6.45) is 4.14. The van der Waals surface area contributed by atoms with Crippen molar-refractivity contribution < 1.29 is 4.74 Å². The molecule has 4 heteroatoms. The highest BCUT2D eigenvalue weighted by molar-refractivity contribution is 5.96. The SMILES string of the molecule is COC[C@@H]1CCCN1/N=C(\C)c1ccccn1. The number of pyridine rings is 1. The molecule has 2 rings (SSSR count). The van der Waals surface area contributed by atoms with E-state index in [0.717, 1.165) is 31.0 Å². The Kier molecular flexibility index (Phi) is 4.09. The van der Waals surface area contributed by atoms with Crippen LogP contribution in [0.5, 0.6) is 0 Å². The molecule has 1 aliphatic rings. The fraction of sp³-hybridized carbons (Fsp3) is 0.538. The number of methoxy groups -OCH3 is 1. The van der Waals surface area contributed by atoms with Gasteiger partial charge in [-0.25, -0.2) is 0 Å². The molecule has 0 N–H and O–H groups in total. The van der Waals surface area contributed by atoms with Crippen molar-refractivity contribution in [2.75, 3.05) is 20.3 Å². The lowest BCUT2D eigenvalue weighted by molar-refractivity contribution is 0.118. The fourth-order valence-corrected chi connectivity index (χ4v) is 2.13. The summed E-state index contributed by atoms with van der Waals surface area (Å²) in [4.78, 5) is 4.30. The molecule has 0 saturated carbocycles. The quantitative estimate of drug-likeness (QED) is 0.746. The van der Waals surface area contributed by atoms with Gasteiger partial charge in [0.15, 0.2) is 0 Å². The maximum absolute atomic E-state index is 5.22. The maximum Gasteiger partial charge on any atom is 0.0859 e. The van der Waals surface area contributed by atoms with Gasteiger partial charge in [0, 0.05) is 19.9 Å². The number of rotatable bonds is 4. The zero-order chi connectivity index (χ0) is 12.1. The summed E-state index contributed by atoms with van der Waals surface area (Å²) in [6, 6.07) is 6.30. The Hall–Kier alpha value is -1.42. The van der Waals surface area contributed by atoms with E-state index in [0.29, 0.717) is 6.04 Å². The zero-order valence-corrected chi connectivity index (χ0v) is 10.5. The van der Waals surface area contributed by atoms with Crippen LogP contribution in [0.1, 0.15) is 25.5 Å². The van der Waals surface area contributed by atoms with Gasteiger partial charge in [-0.15, -0.1) is 0 Å². The van der Waals surface area contributed by atoms with Crippen LogP contribution in [0.25, 0.3) is 0 Å². The lowest BCUT2D eigenvalue weighted by atomic mass is 10.2. The van der Waals surface area contributed by atoms with Gasteiger partial charge in [0.25, 0.3) is 0 Å². The molecule has 0 bridgehead atoms. The highest BCUT2D eigenvalue weighted by Crippen LogP contribution is 2.18. The second kappa shape index (κ2) is 5.77. The molecule has 1 saturated heterocycles. The highest BCUT2D eigenvalue weighted by atomic mass is 16.5. The van der Waals surface area contributed by atoms with Gasteiger partial charge in [0.1, 0.15) is 0 Å². The molecule has 0 aliphatic carbocycles. The Morgan fingerprint density at radius 2 is 2.47 bits per heavy atom. The lowest BCUT2D eigenvalue weighted by Gasteiger charge is -2.21. The van der Waals surface area contributed by atoms with E-state index >= 15 is 0 Å². The number of nitrogens with zero attached hydrogens (tertiary/aromatic N) is 3. The molecule has 1 atom stereocenters. The number of hydrogen-bond donors (Lipinski definition) is 0. The van der Waals surface area contributed by atoms with Crippen LogP contribution in [-0.4, -0.2) is 42.0 Å². The minimum atomic E-state index is 0.415. The molecule has 92 valence electrons. The molecule has 1 aromatic heterocycles. The predicted octanol–water partition coefficient (Wildman–Crippen LogP) is 1.92. The fourth-order valence-electron chi connectivity index (χ4n) is 2.13. The molecule has 1 fully saturated rings. The normalized spacial score (nSPS) is 20.9. The van der Waals surface area contributed by atoms with E-state index < -0.39 is 0 Å². The zero-order valence-electron chi connectivity index (χ0n) is 10.5. The van der Waals surface area contributed by atoms with Gasteiger partial charge in [-0.3, -0.25) is 9.99 Å². The van der Waals surface area contributed by atoms with Crippen molar-refractivity contribution >= 4 is 5.71 Å². The van der Waals surface area contributed by atoms with Crippen LogP contribution in [0.2, 0.25) is 0 Å². The topological polar surface area (TPSA) is 37.7 Å². The van der Waals surface area contributed by atoms with E-state index in [9.17, 15) is 0 Å². The third kappa shape index (κ3) is 3.03. The Morgan fingerprint density at radius 3 is 3.18 bits per heavy atom. The monoisotopic (exact) mass is 233 g/mol. The highest BCUT2D eigenvalue weighted by Gasteiger charge is 2.23. The predicted molar refractivity (Wildman–Crippen MR) is 68.1 cm³/mol. The first-order valence-corrected chi connectivity index (χ1v) is 6.03.